The monoisotopic (exact) mass is 479 g/mol. The molecule has 0 radical (unpaired) electrons. The average molecular weight is 480 g/mol. The van der Waals surface area contributed by atoms with Crippen LogP contribution >= 0.6 is 0 Å². The summed E-state index contributed by atoms with van der Waals surface area (Å²) in [6, 6.07) is 5.00. The zero-order valence-electron chi connectivity index (χ0n) is 20.8. The molecule has 0 saturated carbocycles. The smallest absolute Gasteiger partial charge is 0.289 e. The number of piperidine rings is 1. The zero-order valence-corrected chi connectivity index (χ0v) is 20.8. The van der Waals surface area contributed by atoms with Gasteiger partial charge >= 0.3 is 0 Å². The molecule has 35 heavy (non-hydrogen) atoms. The van der Waals surface area contributed by atoms with Crippen molar-refractivity contribution in [3.05, 3.63) is 23.7 Å². The van der Waals surface area contributed by atoms with Crippen LogP contribution in [0.1, 0.15) is 54.8 Å². The van der Waals surface area contributed by atoms with E-state index in [2.05, 4.69) is 30.0 Å². The Balaban J connectivity index is 1.08. The summed E-state index contributed by atoms with van der Waals surface area (Å²) in [7, 11) is 0. The van der Waals surface area contributed by atoms with E-state index in [1.807, 2.05) is 19.1 Å². The second kappa shape index (κ2) is 9.95. The van der Waals surface area contributed by atoms with E-state index in [0.29, 0.717) is 12.1 Å². The average Bonchev–Trinajstić information content (AvgIpc) is 3.48. The lowest BCUT2D eigenvalue weighted by Gasteiger charge is -2.35. The van der Waals surface area contributed by atoms with Crippen LogP contribution in [0.5, 0.6) is 0 Å². The standard InChI is InChI=1S/C26H37N7O2/c1-18-24-22(6-7-23(30-24)33-20-4-5-21(33)17-35-16-20)29-25(27-18)26(34)28-19-8-12-32(13-9-19)15-14-31-10-2-3-11-31/h6-7,19-21H,2-5,8-17H2,1H3,(H,28,34). The number of fused-ring (bicyclic) bond motifs is 3. The van der Waals surface area contributed by atoms with Crippen molar-refractivity contribution in [2.45, 2.75) is 63.6 Å². The molecule has 0 aliphatic carbocycles. The van der Waals surface area contributed by atoms with Gasteiger partial charge in [0.25, 0.3) is 5.91 Å². The van der Waals surface area contributed by atoms with Crippen molar-refractivity contribution < 1.29 is 9.53 Å². The van der Waals surface area contributed by atoms with E-state index >= 15 is 0 Å². The van der Waals surface area contributed by atoms with Gasteiger partial charge in [0.05, 0.1) is 36.5 Å². The minimum atomic E-state index is -0.180. The van der Waals surface area contributed by atoms with Crippen molar-refractivity contribution in [3.63, 3.8) is 0 Å². The van der Waals surface area contributed by atoms with Crippen LogP contribution in [-0.2, 0) is 4.74 Å². The number of carbonyl (C=O) groups excluding carboxylic acids is 1. The van der Waals surface area contributed by atoms with Gasteiger partial charge in [-0.05, 0) is 70.7 Å². The van der Waals surface area contributed by atoms with Gasteiger partial charge < -0.3 is 24.8 Å². The Hall–Kier alpha value is -2.36. The summed E-state index contributed by atoms with van der Waals surface area (Å²) in [5, 5.41) is 3.18. The number of amides is 1. The molecule has 2 bridgehead atoms. The normalized spacial score (nSPS) is 26.0. The first-order chi connectivity index (χ1) is 17.1. The number of nitrogens with zero attached hydrogens (tertiary/aromatic N) is 6. The minimum Gasteiger partial charge on any atom is -0.377 e. The van der Waals surface area contributed by atoms with E-state index in [9.17, 15) is 4.79 Å². The molecular weight excluding hydrogens is 442 g/mol. The third kappa shape index (κ3) is 4.86. The Morgan fingerprint density at radius 1 is 0.943 bits per heavy atom. The van der Waals surface area contributed by atoms with Crippen LogP contribution in [0, 0.1) is 6.92 Å². The van der Waals surface area contributed by atoms with E-state index in [-0.39, 0.29) is 17.8 Å². The largest absolute Gasteiger partial charge is 0.377 e. The Morgan fingerprint density at radius 3 is 2.34 bits per heavy atom. The van der Waals surface area contributed by atoms with Crippen LogP contribution < -0.4 is 10.2 Å². The molecule has 9 heteroatoms. The summed E-state index contributed by atoms with van der Waals surface area (Å²) >= 11 is 0. The number of nitrogens with one attached hydrogen (secondary N) is 1. The number of aryl methyl sites for hydroxylation is 1. The predicted molar refractivity (Wildman–Crippen MR) is 135 cm³/mol. The summed E-state index contributed by atoms with van der Waals surface area (Å²) in [5.74, 6) is 1.03. The van der Waals surface area contributed by atoms with Gasteiger partial charge in [0, 0.05) is 32.2 Å². The number of pyridine rings is 1. The molecule has 2 aromatic rings. The molecule has 0 spiro atoms. The number of likely N-dealkylation sites (tertiary alicyclic amines) is 2. The Labute approximate surface area is 207 Å². The van der Waals surface area contributed by atoms with E-state index in [1.54, 1.807) is 0 Å². The van der Waals surface area contributed by atoms with Crippen LogP contribution in [0.3, 0.4) is 0 Å². The molecule has 4 fully saturated rings. The van der Waals surface area contributed by atoms with Crippen LogP contribution in [0.4, 0.5) is 5.82 Å². The third-order valence-corrected chi connectivity index (χ3v) is 8.26. The van der Waals surface area contributed by atoms with Crippen molar-refractivity contribution in [2.75, 3.05) is 57.4 Å². The number of hydrogen-bond acceptors (Lipinski definition) is 8. The van der Waals surface area contributed by atoms with E-state index in [1.165, 1.54) is 32.5 Å². The van der Waals surface area contributed by atoms with Crippen molar-refractivity contribution in [1.82, 2.24) is 30.1 Å². The maximum Gasteiger partial charge on any atom is 0.289 e. The number of rotatable bonds is 6. The fraction of sp³-hybridized carbons (Fsp3) is 0.692. The van der Waals surface area contributed by atoms with Crippen LogP contribution in [0.15, 0.2) is 12.1 Å². The fourth-order valence-electron chi connectivity index (χ4n) is 6.24. The van der Waals surface area contributed by atoms with Crippen LogP contribution in [0.25, 0.3) is 11.0 Å². The van der Waals surface area contributed by atoms with Crippen molar-refractivity contribution >= 4 is 22.8 Å². The highest BCUT2D eigenvalue weighted by Gasteiger charge is 2.38. The summed E-state index contributed by atoms with van der Waals surface area (Å²) < 4.78 is 5.72. The molecule has 6 heterocycles. The molecule has 4 aliphatic heterocycles. The van der Waals surface area contributed by atoms with E-state index in [4.69, 9.17) is 9.72 Å². The molecule has 2 aromatic heterocycles. The molecule has 2 unspecified atom stereocenters. The van der Waals surface area contributed by atoms with Gasteiger partial charge in [0.2, 0.25) is 5.82 Å². The quantitative estimate of drug-likeness (QED) is 0.673. The second-order valence-electron chi connectivity index (χ2n) is 10.6. The number of aromatic nitrogens is 3. The third-order valence-electron chi connectivity index (χ3n) is 8.26. The molecule has 1 N–H and O–H groups in total. The molecule has 9 nitrogen and oxygen atoms in total. The highest BCUT2D eigenvalue weighted by molar-refractivity contribution is 5.93. The number of ether oxygens (including phenoxy) is 1. The predicted octanol–water partition coefficient (Wildman–Crippen LogP) is 1.99. The molecule has 6 rings (SSSR count). The lowest BCUT2D eigenvalue weighted by atomic mass is 10.0. The Morgan fingerprint density at radius 2 is 1.63 bits per heavy atom. The Bertz CT molecular complexity index is 1050. The lowest BCUT2D eigenvalue weighted by molar-refractivity contribution is 0.0897. The number of carbonyl (C=O) groups is 1. The molecule has 1 amide bonds. The zero-order chi connectivity index (χ0) is 23.8. The van der Waals surface area contributed by atoms with Gasteiger partial charge in [-0.25, -0.2) is 15.0 Å². The molecule has 2 atom stereocenters. The lowest BCUT2D eigenvalue weighted by Crippen LogP contribution is -2.46. The molecule has 188 valence electrons. The summed E-state index contributed by atoms with van der Waals surface area (Å²) in [5.41, 5.74) is 2.25. The van der Waals surface area contributed by atoms with Gasteiger partial charge in [-0.3, -0.25) is 4.79 Å². The van der Waals surface area contributed by atoms with Crippen molar-refractivity contribution in [2.24, 2.45) is 0 Å². The molecular formula is C26H37N7O2. The number of morpholine rings is 1. The molecule has 4 aliphatic rings. The van der Waals surface area contributed by atoms with Gasteiger partial charge in [0.1, 0.15) is 11.3 Å². The van der Waals surface area contributed by atoms with Crippen molar-refractivity contribution in [3.8, 4) is 0 Å². The van der Waals surface area contributed by atoms with Gasteiger partial charge in [-0.2, -0.15) is 0 Å². The van der Waals surface area contributed by atoms with Gasteiger partial charge in [-0.15, -0.1) is 0 Å². The van der Waals surface area contributed by atoms with Crippen molar-refractivity contribution in [1.29, 1.82) is 0 Å². The number of hydrogen-bond donors (Lipinski definition) is 1. The summed E-state index contributed by atoms with van der Waals surface area (Å²) in [6.45, 7) is 10.3. The van der Waals surface area contributed by atoms with E-state index < -0.39 is 0 Å². The van der Waals surface area contributed by atoms with Gasteiger partial charge in [-0.1, -0.05) is 0 Å². The van der Waals surface area contributed by atoms with E-state index in [0.717, 1.165) is 81.1 Å². The first-order valence-electron chi connectivity index (χ1n) is 13.4. The topological polar surface area (TPSA) is 86.7 Å². The van der Waals surface area contributed by atoms with Crippen LogP contribution in [-0.4, -0.2) is 101 Å². The maximum atomic E-state index is 13.0. The maximum absolute atomic E-state index is 13.0. The SMILES string of the molecule is Cc1nc(C(=O)NC2CCN(CCN3CCCC3)CC2)nc2ccc(N3C4CCC3COC4)nc12. The number of anilines is 1. The summed E-state index contributed by atoms with van der Waals surface area (Å²) in [4.78, 5) is 34.5. The highest BCUT2D eigenvalue weighted by Crippen LogP contribution is 2.33. The fourth-order valence-corrected chi connectivity index (χ4v) is 6.24. The van der Waals surface area contributed by atoms with Crippen LogP contribution in [0.2, 0.25) is 0 Å². The van der Waals surface area contributed by atoms with Gasteiger partial charge in [0.15, 0.2) is 0 Å². The summed E-state index contributed by atoms with van der Waals surface area (Å²) in [6.07, 6.45) is 6.94. The highest BCUT2D eigenvalue weighted by atomic mass is 16.5. The first kappa shape index (κ1) is 23.1. The second-order valence-corrected chi connectivity index (χ2v) is 10.6. The molecule has 0 aromatic carbocycles. The molecule has 4 saturated heterocycles. The first-order valence-corrected chi connectivity index (χ1v) is 13.4. The Kier molecular flexibility index (Phi) is 6.56. The minimum absolute atomic E-state index is 0.180.